The van der Waals surface area contributed by atoms with Crippen LogP contribution >= 0.6 is 0 Å². The number of benzene rings is 1. The number of rotatable bonds is 7. The van der Waals surface area contributed by atoms with Crippen LogP contribution in [0.15, 0.2) is 70.9 Å². The van der Waals surface area contributed by atoms with E-state index in [0.29, 0.717) is 5.92 Å². The Kier molecular flexibility index (Phi) is 6.81. The predicted molar refractivity (Wildman–Crippen MR) is 150 cm³/mol. The molecule has 0 bridgehead atoms. The standard InChI is InChI=1S/C33H36FNO2.H2/c1-5-30(33(2,3)4)35-20-27(32(37)22-16-17-22)29(36)19-28(35)26-15-7-6-14-25(21-10-8-11-21)31(26)23-12-9-13-24(34)18-23;/h6-7,9,12-13,15,18-22,30H,5,8,10-11,16-17H2,1-4H3;1H/t30-;/m0./s1. The molecule has 3 nitrogen and oxygen atoms in total. The number of halogens is 1. The van der Waals surface area contributed by atoms with E-state index in [2.05, 4.69) is 38.0 Å². The summed E-state index contributed by atoms with van der Waals surface area (Å²) < 4.78 is 16.7. The van der Waals surface area contributed by atoms with Gasteiger partial charge in [0.25, 0.3) is 0 Å². The number of carbonyl (C=O) groups is 1. The summed E-state index contributed by atoms with van der Waals surface area (Å²) in [5.74, 6) is -0.0104. The molecule has 2 fully saturated rings. The molecule has 2 saturated carbocycles. The third kappa shape index (κ3) is 5.00. The van der Waals surface area contributed by atoms with Crippen molar-refractivity contribution in [3.8, 4) is 0 Å². The van der Waals surface area contributed by atoms with Gasteiger partial charge in [-0.15, -0.1) is 5.73 Å². The van der Waals surface area contributed by atoms with Gasteiger partial charge in [-0.05, 0) is 67.2 Å². The van der Waals surface area contributed by atoms with Crippen LogP contribution in [0.25, 0.3) is 11.1 Å². The molecule has 0 aliphatic heterocycles. The third-order valence-electron chi connectivity index (χ3n) is 8.05. The van der Waals surface area contributed by atoms with Crippen LogP contribution in [0.3, 0.4) is 0 Å². The van der Waals surface area contributed by atoms with Crippen LogP contribution in [-0.2, 0) is 0 Å². The molecule has 0 radical (unpaired) electrons. The molecular formula is C33H38FNO2. The second kappa shape index (κ2) is 9.91. The molecule has 0 spiro atoms. The van der Waals surface area contributed by atoms with Crippen molar-refractivity contribution in [2.45, 2.75) is 72.3 Å². The van der Waals surface area contributed by atoms with Crippen LogP contribution in [0, 0.1) is 23.1 Å². The molecular weight excluding hydrogens is 461 g/mol. The van der Waals surface area contributed by atoms with Crippen molar-refractivity contribution in [2.24, 2.45) is 17.3 Å². The molecule has 4 heteroatoms. The number of aromatic nitrogens is 1. The second-order valence-corrected chi connectivity index (χ2v) is 11.8. The number of allylic oxidation sites excluding steroid dienone is 5. The van der Waals surface area contributed by atoms with Crippen LogP contribution in [-0.4, -0.2) is 10.4 Å². The maximum Gasteiger partial charge on any atom is 0.193 e. The quantitative estimate of drug-likeness (QED) is 0.285. The summed E-state index contributed by atoms with van der Waals surface area (Å²) in [4.78, 5) is 26.6. The Labute approximate surface area is 220 Å². The summed E-state index contributed by atoms with van der Waals surface area (Å²) in [5, 5.41) is 0. The number of carbonyl (C=O) groups excluding carboxylic acids is 1. The molecule has 1 aromatic carbocycles. The van der Waals surface area contributed by atoms with Crippen LogP contribution in [0.5, 0.6) is 0 Å². The van der Waals surface area contributed by atoms with Gasteiger partial charge in [0.2, 0.25) is 0 Å². The Morgan fingerprint density at radius 1 is 1.19 bits per heavy atom. The van der Waals surface area contributed by atoms with E-state index in [1.54, 1.807) is 18.2 Å². The summed E-state index contributed by atoms with van der Waals surface area (Å²) >= 11 is 0. The van der Waals surface area contributed by atoms with Crippen LogP contribution in [0.2, 0.25) is 0 Å². The molecule has 0 N–H and O–H groups in total. The fourth-order valence-electron chi connectivity index (χ4n) is 5.77. The van der Waals surface area contributed by atoms with Crippen molar-refractivity contribution in [1.82, 2.24) is 4.57 Å². The normalized spacial score (nSPS) is 18.9. The maximum atomic E-state index is 14.5. The average Bonchev–Trinajstić information content (AvgIpc) is 3.65. The van der Waals surface area contributed by atoms with Gasteiger partial charge < -0.3 is 4.57 Å². The van der Waals surface area contributed by atoms with Crippen molar-refractivity contribution in [2.75, 3.05) is 0 Å². The predicted octanol–water partition coefficient (Wildman–Crippen LogP) is 8.19. The molecule has 194 valence electrons. The minimum absolute atomic E-state index is 0. The van der Waals surface area contributed by atoms with E-state index in [1.165, 1.54) is 12.5 Å². The number of ketones is 1. The molecule has 3 aliphatic carbocycles. The van der Waals surface area contributed by atoms with Crippen LogP contribution < -0.4 is 5.43 Å². The smallest absolute Gasteiger partial charge is 0.193 e. The van der Waals surface area contributed by atoms with Crippen molar-refractivity contribution in [3.05, 3.63) is 98.9 Å². The van der Waals surface area contributed by atoms with Gasteiger partial charge in [-0.1, -0.05) is 58.4 Å². The Morgan fingerprint density at radius 2 is 1.95 bits per heavy atom. The van der Waals surface area contributed by atoms with E-state index in [0.717, 1.165) is 60.1 Å². The first-order valence-corrected chi connectivity index (χ1v) is 13.6. The first kappa shape index (κ1) is 25.4. The number of pyridine rings is 1. The van der Waals surface area contributed by atoms with Gasteiger partial charge in [0.05, 0.1) is 11.3 Å². The van der Waals surface area contributed by atoms with Crippen LogP contribution in [0.4, 0.5) is 4.39 Å². The fraction of sp³-hybridized carbons (Fsp3) is 0.424. The molecule has 5 rings (SSSR count). The summed E-state index contributed by atoms with van der Waals surface area (Å²) in [5.41, 5.74) is 7.84. The first-order chi connectivity index (χ1) is 17.7. The molecule has 0 unspecified atom stereocenters. The molecule has 0 saturated heterocycles. The summed E-state index contributed by atoms with van der Waals surface area (Å²) in [7, 11) is 0. The lowest BCUT2D eigenvalue weighted by Gasteiger charge is -2.35. The lowest BCUT2D eigenvalue weighted by atomic mass is 9.74. The number of hydrogen-bond acceptors (Lipinski definition) is 2. The lowest BCUT2D eigenvalue weighted by Crippen LogP contribution is -2.29. The van der Waals surface area contributed by atoms with Crippen LogP contribution in [0.1, 0.15) is 95.3 Å². The molecule has 0 amide bonds. The highest BCUT2D eigenvalue weighted by molar-refractivity contribution is 6.03. The highest BCUT2D eigenvalue weighted by atomic mass is 19.1. The lowest BCUT2D eigenvalue weighted by molar-refractivity contribution is 0.0964. The van der Waals surface area contributed by atoms with Crippen molar-refractivity contribution in [1.29, 1.82) is 0 Å². The van der Waals surface area contributed by atoms with E-state index in [4.69, 9.17) is 0 Å². The van der Waals surface area contributed by atoms with Gasteiger partial charge in [-0.25, -0.2) is 4.39 Å². The monoisotopic (exact) mass is 499 g/mol. The van der Waals surface area contributed by atoms with E-state index in [1.807, 2.05) is 30.5 Å². The largest absolute Gasteiger partial charge is 0.343 e. The summed E-state index contributed by atoms with van der Waals surface area (Å²) in [6.45, 7) is 8.72. The first-order valence-electron chi connectivity index (χ1n) is 13.6. The average molecular weight is 500 g/mol. The van der Waals surface area contributed by atoms with Gasteiger partial charge >= 0.3 is 0 Å². The highest BCUT2D eigenvalue weighted by Crippen LogP contribution is 2.45. The van der Waals surface area contributed by atoms with Gasteiger partial charge in [-0.3, -0.25) is 9.59 Å². The Morgan fingerprint density at radius 3 is 2.54 bits per heavy atom. The zero-order chi connectivity index (χ0) is 26.3. The highest BCUT2D eigenvalue weighted by Gasteiger charge is 2.35. The number of Topliss-reactive ketones (excluding diaryl/α,β-unsaturated/α-hetero) is 1. The van der Waals surface area contributed by atoms with E-state index >= 15 is 0 Å². The SMILES string of the molecule is CC[C@H](n1cc(C(=O)C2CC2)c(=O)cc1C1=C(c2cccc(F)c2)C(C2CCC2)=C=CC=C1)C(C)(C)C.[HH]. The zero-order valence-electron chi connectivity index (χ0n) is 22.3. The minimum atomic E-state index is -0.293. The molecule has 2 aromatic rings. The molecule has 1 atom stereocenters. The Bertz CT molecular complexity index is 1420. The van der Waals surface area contributed by atoms with Gasteiger partial charge in [0, 0.05) is 42.4 Å². The number of hydrogen-bond donors (Lipinski definition) is 0. The molecule has 1 aromatic heterocycles. The van der Waals surface area contributed by atoms with Gasteiger partial charge in [-0.2, -0.15) is 0 Å². The van der Waals surface area contributed by atoms with Crippen molar-refractivity contribution < 1.29 is 10.6 Å². The van der Waals surface area contributed by atoms with E-state index in [-0.39, 0.29) is 41.4 Å². The fourth-order valence-corrected chi connectivity index (χ4v) is 5.77. The Hall–Kier alpha value is -3.23. The minimum Gasteiger partial charge on any atom is -0.343 e. The van der Waals surface area contributed by atoms with Gasteiger partial charge in [0.15, 0.2) is 11.2 Å². The number of nitrogens with zero attached hydrogens (tertiary/aromatic N) is 1. The third-order valence-corrected chi connectivity index (χ3v) is 8.05. The topological polar surface area (TPSA) is 39.1 Å². The molecule has 37 heavy (non-hydrogen) atoms. The summed E-state index contributed by atoms with van der Waals surface area (Å²) in [6, 6.07) is 8.40. The molecule has 1 heterocycles. The van der Waals surface area contributed by atoms with E-state index in [9.17, 15) is 14.0 Å². The summed E-state index contributed by atoms with van der Waals surface area (Å²) in [6.07, 6.45) is 13.6. The maximum absolute atomic E-state index is 14.5. The van der Waals surface area contributed by atoms with Crippen molar-refractivity contribution in [3.63, 3.8) is 0 Å². The Balaban J connectivity index is 0.00000336. The zero-order valence-corrected chi connectivity index (χ0v) is 22.3. The molecule has 3 aliphatic rings. The van der Waals surface area contributed by atoms with Crippen molar-refractivity contribution >= 4 is 16.9 Å². The second-order valence-electron chi connectivity index (χ2n) is 11.8. The van der Waals surface area contributed by atoms with Gasteiger partial charge in [0.1, 0.15) is 5.82 Å². The van der Waals surface area contributed by atoms with E-state index < -0.39 is 0 Å².